The molecule has 0 aliphatic heterocycles. The Morgan fingerprint density at radius 1 is 1.19 bits per heavy atom. The highest BCUT2D eigenvalue weighted by Gasteiger charge is 2.01. The summed E-state index contributed by atoms with van der Waals surface area (Å²) in [4.78, 5) is 11.1. The second-order valence-electron chi connectivity index (χ2n) is 3.28. The van der Waals surface area contributed by atoms with Crippen LogP contribution in [0.15, 0.2) is 0 Å². The van der Waals surface area contributed by atoms with Gasteiger partial charge < -0.3 is 14.8 Å². The van der Waals surface area contributed by atoms with E-state index in [1.165, 1.54) is 0 Å². The normalized spacial score (nSPS) is 9.62. The summed E-state index contributed by atoms with van der Waals surface area (Å²) in [6, 6.07) is 0.200. The van der Waals surface area contributed by atoms with Gasteiger partial charge in [-0.3, -0.25) is 4.79 Å². The molecule has 0 aromatic rings. The van der Waals surface area contributed by atoms with Crippen LogP contribution in [0.2, 0.25) is 0 Å². The van der Waals surface area contributed by atoms with E-state index in [-0.39, 0.29) is 13.4 Å². The second-order valence-corrected chi connectivity index (χ2v) is 3.28. The van der Waals surface area contributed by atoms with Crippen molar-refractivity contribution in [2.75, 3.05) is 26.4 Å². The SMILES string of the molecule is CC.CCOCCOCCC(=O)NC(C)C.[HH]. The Balaban J connectivity index is -0.000000616. The zero-order chi connectivity index (χ0) is 12.8. The van der Waals surface area contributed by atoms with E-state index in [0.717, 1.165) is 0 Å². The van der Waals surface area contributed by atoms with Gasteiger partial charge in [0.25, 0.3) is 0 Å². The van der Waals surface area contributed by atoms with Gasteiger partial charge in [0, 0.05) is 20.5 Å². The third-order valence-electron chi connectivity index (χ3n) is 1.50. The third-order valence-corrected chi connectivity index (χ3v) is 1.50. The maximum absolute atomic E-state index is 11.1. The second kappa shape index (κ2) is 14.4. The van der Waals surface area contributed by atoms with Crippen LogP contribution in [0, 0.1) is 0 Å². The first kappa shape index (κ1) is 17.8. The third kappa shape index (κ3) is 15.8. The topological polar surface area (TPSA) is 47.6 Å². The van der Waals surface area contributed by atoms with Crippen LogP contribution in [0.3, 0.4) is 0 Å². The lowest BCUT2D eigenvalue weighted by Gasteiger charge is -2.08. The van der Waals surface area contributed by atoms with Crippen molar-refractivity contribution in [3.05, 3.63) is 0 Å². The van der Waals surface area contributed by atoms with Gasteiger partial charge >= 0.3 is 0 Å². The Morgan fingerprint density at radius 2 is 1.75 bits per heavy atom. The molecule has 0 bridgehead atoms. The van der Waals surface area contributed by atoms with Crippen molar-refractivity contribution in [3.63, 3.8) is 0 Å². The van der Waals surface area contributed by atoms with E-state index in [0.29, 0.717) is 32.8 Å². The van der Waals surface area contributed by atoms with Crippen molar-refractivity contribution in [1.29, 1.82) is 0 Å². The number of nitrogens with one attached hydrogen (secondary N) is 1. The zero-order valence-corrected chi connectivity index (χ0v) is 11.3. The van der Waals surface area contributed by atoms with E-state index in [9.17, 15) is 4.79 Å². The average Bonchev–Trinajstić information content (AvgIpc) is 2.25. The van der Waals surface area contributed by atoms with Crippen molar-refractivity contribution >= 4 is 5.91 Å². The Bertz CT molecular complexity index is 155. The molecule has 0 saturated carbocycles. The smallest absolute Gasteiger partial charge is 0.222 e. The summed E-state index contributed by atoms with van der Waals surface area (Å²) in [6.07, 6.45) is 0.421. The number of ether oxygens (including phenoxy) is 2. The molecule has 0 spiro atoms. The van der Waals surface area contributed by atoms with Gasteiger partial charge in [-0.25, -0.2) is 0 Å². The molecule has 0 aliphatic rings. The quantitative estimate of drug-likeness (QED) is 0.656. The van der Waals surface area contributed by atoms with Gasteiger partial charge in [0.05, 0.1) is 19.8 Å². The molecule has 0 unspecified atom stereocenters. The van der Waals surface area contributed by atoms with Crippen LogP contribution >= 0.6 is 0 Å². The van der Waals surface area contributed by atoms with Gasteiger partial charge in [-0.2, -0.15) is 0 Å². The van der Waals surface area contributed by atoms with Gasteiger partial charge in [-0.15, -0.1) is 0 Å². The fourth-order valence-corrected chi connectivity index (χ4v) is 0.923. The van der Waals surface area contributed by atoms with Crippen LogP contribution in [0.4, 0.5) is 0 Å². The van der Waals surface area contributed by atoms with Crippen LogP contribution in [-0.2, 0) is 14.3 Å². The Morgan fingerprint density at radius 3 is 2.25 bits per heavy atom. The number of carbonyl (C=O) groups is 1. The van der Waals surface area contributed by atoms with Crippen LogP contribution in [0.1, 0.15) is 42.5 Å². The minimum Gasteiger partial charge on any atom is -0.379 e. The first-order valence-corrected chi connectivity index (χ1v) is 6.11. The Labute approximate surface area is 101 Å². The lowest BCUT2D eigenvalue weighted by Crippen LogP contribution is -2.30. The molecule has 0 saturated heterocycles. The monoisotopic (exact) mass is 235 g/mol. The number of carbonyl (C=O) groups excluding carboxylic acids is 1. The highest BCUT2D eigenvalue weighted by molar-refractivity contribution is 5.76. The van der Waals surface area contributed by atoms with Gasteiger partial charge in [0.15, 0.2) is 0 Å². The van der Waals surface area contributed by atoms with Crippen LogP contribution in [0.25, 0.3) is 0 Å². The average molecular weight is 235 g/mol. The molecule has 100 valence electrons. The van der Waals surface area contributed by atoms with E-state index in [1.54, 1.807) is 0 Å². The van der Waals surface area contributed by atoms with E-state index >= 15 is 0 Å². The summed E-state index contributed by atoms with van der Waals surface area (Å²) < 4.78 is 10.3. The molecule has 0 atom stereocenters. The molecular weight excluding hydrogens is 206 g/mol. The molecule has 0 aromatic heterocycles. The van der Waals surface area contributed by atoms with Crippen LogP contribution in [-0.4, -0.2) is 38.4 Å². The fraction of sp³-hybridized carbons (Fsp3) is 0.917. The van der Waals surface area contributed by atoms with Gasteiger partial charge in [-0.1, -0.05) is 13.8 Å². The highest BCUT2D eigenvalue weighted by Crippen LogP contribution is 1.86. The summed E-state index contributed by atoms with van der Waals surface area (Å²) >= 11 is 0. The first-order chi connectivity index (χ1) is 7.66. The maximum atomic E-state index is 11.1. The maximum Gasteiger partial charge on any atom is 0.222 e. The predicted molar refractivity (Wildman–Crippen MR) is 68.7 cm³/mol. The largest absolute Gasteiger partial charge is 0.379 e. The van der Waals surface area contributed by atoms with Gasteiger partial charge in [0.2, 0.25) is 5.91 Å². The molecule has 0 fully saturated rings. The standard InChI is InChI=1S/C10H21NO3.C2H6.H2/c1-4-13-7-8-14-6-5-10(12)11-9(2)3;1-2;/h9H,4-8H2,1-3H3,(H,11,12);1-2H3;1H. The Hall–Kier alpha value is -0.610. The molecule has 4 heteroatoms. The van der Waals surface area contributed by atoms with E-state index < -0.39 is 0 Å². The van der Waals surface area contributed by atoms with Gasteiger partial charge in [-0.05, 0) is 20.8 Å². The minimum atomic E-state index is 0. The minimum absolute atomic E-state index is 0. The molecule has 4 nitrogen and oxygen atoms in total. The van der Waals surface area contributed by atoms with Crippen LogP contribution < -0.4 is 5.32 Å². The van der Waals surface area contributed by atoms with Gasteiger partial charge in [0.1, 0.15) is 0 Å². The molecule has 0 aliphatic carbocycles. The summed E-state index contributed by atoms with van der Waals surface area (Å²) in [5.41, 5.74) is 0. The molecule has 0 heterocycles. The molecule has 0 aromatic carbocycles. The molecule has 16 heavy (non-hydrogen) atoms. The number of hydrogen-bond donors (Lipinski definition) is 1. The first-order valence-electron chi connectivity index (χ1n) is 6.11. The van der Waals surface area contributed by atoms with Crippen molar-refractivity contribution in [2.45, 2.75) is 47.1 Å². The number of amides is 1. The molecule has 0 rings (SSSR count). The zero-order valence-electron chi connectivity index (χ0n) is 11.3. The lowest BCUT2D eigenvalue weighted by molar-refractivity contribution is -0.122. The summed E-state index contributed by atoms with van der Waals surface area (Å²) in [7, 11) is 0. The molecule has 1 amide bonds. The number of rotatable bonds is 8. The Kier molecular flexibility index (Phi) is 16.0. The van der Waals surface area contributed by atoms with E-state index in [4.69, 9.17) is 9.47 Å². The van der Waals surface area contributed by atoms with Crippen molar-refractivity contribution in [2.24, 2.45) is 0 Å². The fourth-order valence-electron chi connectivity index (χ4n) is 0.923. The molecule has 0 radical (unpaired) electrons. The molecular formula is C12H29NO3. The molecule has 1 N–H and O–H groups in total. The predicted octanol–water partition coefficient (Wildman–Crippen LogP) is 2.23. The van der Waals surface area contributed by atoms with Crippen molar-refractivity contribution < 1.29 is 15.7 Å². The van der Waals surface area contributed by atoms with E-state index in [2.05, 4.69) is 5.32 Å². The van der Waals surface area contributed by atoms with Crippen LogP contribution in [0.5, 0.6) is 0 Å². The summed E-state index contributed by atoms with van der Waals surface area (Å²) in [6.45, 7) is 12.1. The van der Waals surface area contributed by atoms with Crippen molar-refractivity contribution in [3.8, 4) is 0 Å². The highest BCUT2D eigenvalue weighted by atomic mass is 16.5. The lowest BCUT2D eigenvalue weighted by atomic mass is 10.3. The number of hydrogen-bond acceptors (Lipinski definition) is 3. The van der Waals surface area contributed by atoms with Crippen molar-refractivity contribution in [1.82, 2.24) is 5.32 Å². The summed E-state index contributed by atoms with van der Waals surface area (Å²) in [5.74, 6) is 0.0383. The van der Waals surface area contributed by atoms with E-state index in [1.807, 2.05) is 34.6 Å². The summed E-state index contributed by atoms with van der Waals surface area (Å²) in [5, 5.41) is 2.79.